The molecule has 0 unspecified atom stereocenters. The molecule has 0 radical (unpaired) electrons. The number of nitrogens with zero attached hydrogens (tertiary/aromatic N) is 2. The monoisotopic (exact) mass is 352 g/mol. The number of halogens is 3. The smallest absolute Gasteiger partial charge is 0.416 e. The van der Waals surface area contributed by atoms with Gasteiger partial charge in [-0.1, -0.05) is 18.2 Å². The van der Waals surface area contributed by atoms with Gasteiger partial charge in [0.2, 0.25) is 0 Å². The third-order valence-corrected chi connectivity index (χ3v) is 4.40. The fourth-order valence-corrected chi connectivity index (χ4v) is 2.86. The summed E-state index contributed by atoms with van der Waals surface area (Å²) in [5, 5.41) is 13.6. The van der Waals surface area contributed by atoms with Crippen LogP contribution < -0.4 is 5.43 Å². The summed E-state index contributed by atoms with van der Waals surface area (Å²) in [4.78, 5) is 23.2. The van der Waals surface area contributed by atoms with Gasteiger partial charge in [-0.05, 0) is 24.5 Å². The summed E-state index contributed by atoms with van der Waals surface area (Å²) < 4.78 is 40.0. The van der Waals surface area contributed by atoms with Crippen molar-refractivity contribution in [1.82, 2.24) is 9.78 Å². The molecule has 0 atom stereocenters. The molecule has 1 aliphatic carbocycles. The normalized spacial score (nSPS) is 15.8. The average Bonchev–Trinajstić information content (AvgIpc) is 3.30. The number of hydrogen-bond acceptors (Lipinski definition) is 4. The van der Waals surface area contributed by atoms with Gasteiger partial charge in [-0.25, -0.2) is 0 Å². The summed E-state index contributed by atoms with van der Waals surface area (Å²) in [6, 6.07) is 5.10. The Balaban J connectivity index is 1.96. The molecule has 1 fully saturated rings. The molecular formula is C17H15F3N2O3. The van der Waals surface area contributed by atoms with Gasteiger partial charge in [-0.2, -0.15) is 18.3 Å². The summed E-state index contributed by atoms with van der Waals surface area (Å²) in [6.07, 6.45) is -2.03. The largest absolute Gasteiger partial charge is 0.503 e. The van der Waals surface area contributed by atoms with E-state index in [0.29, 0.717) is 18.4 Å². The molecule has 1 saturated carbocycles. The number of aromatic nitrogens is 2. The molecule has 0 bridgehead atoms. The molecule has 1 aromatic carbocycles. The Hall–Kier alpha value is -2.64. The Kier molecular flexibility index (Phi) is 3.93. The van der Waals surface area contributed by atoms with E-state index in [9.17, 15) is 27.9 Å². The van der Waals surface area contributed by atoms with Crippen molar-refractivity contribution in [3.63, 3.8) is 0 Å². The van der Waals surface area contributed by atoms with Crippen molar-refractivity contribution in [2.24, 2.45) is 0 Å². The Morgan fingerprint density at radius 1 is 1.36 bits per heavy atom. The molecule has 0 saturated heterocycles. The lowest BCUT2D eigenvalue weighted by Crippen LogP contribution is -2.25. The zero-order valence-corrected chi connectivity index (χ0v) is 13.3. The van der Waals surface area contributed by atoms with Gasteiger partial charge in [0.25, 0.3) is 5.43 Å². The van der Waals surface area contributed by atoms with Crippen LogP contribution in [0.25, 0.3) is 0 Å². The van der Waals surface area contributed by atoms with Crippen LogP contribution >= 0.6 is 0 Å². The number of carbonyl (C=O) groups excluding carboxylic acids is 1. The third-order valence-electron chi connectivity index (χ3n) is 4.40. The first-order valence-electron chi connectivity index (χ1n) is 7.62. The van der Waals surface area contributed by atoms with Crippen molar-refractivity contribution < 1.29 is 23.1 Å². The summed E-state index contributed by atoms with van der Waals surface area (Å²) in [6.45, 7) is 1.33. The fraction of sp³-hybridized carbons (Fsp3) is 0.353. The number of Topliss-reactive ketones (excluding diaryl/α,β-unsaturated/α-hetero) is 1. The van der Waals surface area contributed by atoms with Crippen LogP contribution in [0.3, 0.4) is 0 Å². The zero-order chi connectivity index (χ0) is 18.4. The van der Waals surface area contributed by atoms with E-state index in [0.717, 1.165) is 25.3 Å². The van der Waals surface area contributed by atoms with Gasteiger partial charge in [0.05, 0.1) is 18.3 Å². The third kappa shape index (κ3) is 3.29. The summed E-state index contributed by atoms with van der Waals surface area (Å²) >= 11 is 0. The second-order valence-corrected chi connectivity index (χ2v) is 6.30. The molecule has 1 N–H and O–H groups in total. The number of rotatable bonds is 4. The molecule has 0 spiro atoms. The summed E-state index contributed by atoms with van der Waals surface area (Å²) in [5.74, 6) is -1.20. The Morgan fingerprint density at radius 3 is 2.60 bits per heavy atom. The second kappa shape index (κ2) is 5.72. The number of hydrogen-bond donors (Lipinski definition) is 1. The Labute approximate surface area is 140 Å². The first-order chi connectivity index (χ1) is 11.6. The maximum atomic E-state index is 12.9. The van der Waals surface area contributed by atoms with Gasteiger partial charge >= 0.3 is 6.18 Å². The molecule has 0 aliphatic heterocycles. The summed E-state index contributed by atoms with van der Waals surface area (Å²) in [5.41, 5.74) is -2.00. The Bertz CT molecular complexity index is 899. The van der Waals surface area contributed by atoms with Crippen LogP contribution in [0.4, 0.5) is 13.2 Å². The van der Waals surface area contributed by atoms with Crippen molar-refractivity contribution in [3.8, 4) is 5.75 Å². The zero-order valence-electron chi connectivity index (χ0n) is 13.3. The van der Waals surface area contributed by atoms with Crippen LogP contribution in [0.1, 0.15) is 41.4 Å². The van der Waals surface area contributed by atoms with Crippen molar-refractivity contribution >= 4 is 5.78 Å². The highest BCUT2D eigenvalue weighted by Gasteiger charge is 2.46. The highest BCUT2D eigenvalue weighted by Crippen LogP contribution is 2.50. The number of alkyl halides is 3. The SMILES string of the molecule is CC(=O)c1nn(CC2(c3cccc(C(F)(F)F)c3)CC2)cc(O)c1=O. The van der Waals surface area contributed by atoms with E-state index in [1.165, 1.54) is 10.7 Å². The molecule has 1 aliphatic rings. The first kappa shape index (κ1) is 17.2. The number of aromatic hydroxyl groups is 1. The van der Waals surface area contributed by atoms with Crippen molar-refractivity contribution in [2.45, 2.75) is 37.9 Å². The van der Waals surface area contributed by atoms with Gasteiger partial charge in [-0.15, -0.1) is 0 Å². The molecule has 25 heavy (non-hydrogen) atoms. The van der Waals surface area contributed by atoms with E-state index in [4.69, 9.17) is 0 Å². The van der Waals surface area contributed by atoms with Gasteiger partial charge in [0.15, 0.2) is 17.2 Å². The number of benzene rings is 1. The average molecular weight is 352 g/mol. The number of ketones is 1. The van der Waals surface area contributed by atoms with Crippen molar-refractivity contribution in [2.75, 3.05) is 0 Å². The molecule has 2 aromatic rings. The van der Waals surface area contributed by atoms with Crippen LogP contribution in [-0.2, 0) is 18.1 Å². The molecule has 132 valence electrons. The van der Waals surface area contributed by atoms with Crippen LogP contribution in [0.15, 0.2) is 35.3 Å². The van der Waals surface area contributed by atoms with Gasteiger partial charge in [0, 0.05) is 12.3 Å². The van der Waals surface area contributed by atoms with E-state index in [2.05, 4.69) is 5.10 Å². The lowest BCUT2D eigenvalue weighted by Gasteiger charge is -2.19. The minimum atomic E-state index is -4.43. The number of carbonyl (C=O) groups is 1. The van der Waals surface area contributed by atoms with Crippen LogP contribution in [0.2, 0.25) is 0 Å². The van der Waals surface area contributed by atoms with Crippen molar-refractivity contribution in [3.05, 3.63) is 57.5 Å². The molecule has 1 aromatic heterocycles. The van der Waals surface area contributed by atoms with E-state index < -0.39 is 34.1 Å². The molecule has 8 heteroatoms. The standard InChI is InChI=1S/C17H15F3N2O3/c1-10(23)14-15(25)13(24)8-22(21-14)9-16(5-6-16)11-3-2-4-12(7-11)17(18,19)20/h2-4,7-8,24H,5-6,9H2,1H3. The maximum absolute atomic E-state index is 12.9. The lowest BCUT2D eigenvalue weighted by atomic mass is 9.94. The van der Waals surface area contributed by atoms with Gasteiger partial charge < -0.3 is 5.11 Å². The highest BCUT2D eigenvalue weighted by atomic mass is 19.4. The highest BCUT2D eigenvalue weighted by molar-refractivity contribution is 5.92. The van der Waals surface area contributed by atoms with Crippen molar-refractivity contribution in [1.29, 1.82) is 0 Å². The van der Waals surface area contributed by atoms with Gasteiger partial charge in [0.1, 0.15) is 0 Å². The lowest BCUT2D eigenvalue weighted by molar-refractivity contribution is -0.137. The van der Waals surface area contributed by atoms with E-state index >= 15 is 0 Å². The maximum Gasteiger partial charge on any atom is 0.416 e. The molecule has 0 amide bonds. The summed E-state index contributed by atoms with van der Waals surface area (Å²) in [7, 11) is 0. The molecule has 3 rings (SSSR count). The van der Waals surface area contributed by atoms with Crippen LogP contribution in [0, 0.1) is 0 Å². The molecule has 1 heterocycles. The fourth-order valence-electron chi connectivity index (χ4n) is 2.86. The van der Waals surface area contributed by atoms with Gasteiger partial charge in [-0.3, -0.25) is 14.3 Å². The Morgan fingerprint density at radius 2 is 2.04 bits per heavy atom. The second-order valence-electron chi connectivity index (χ2n) is 6.30. The van der Waals surface area contributed by atoms with Crippen LogP contribution in [-0.4, -0.2) is 20.7 Å². The van der Waals surface area contributed by atoms with E-state index in [-0.39, 0.29) is 12.2 Å². The first-order valence-corrected chi connectivity index (χ1v) is 7.62. The minimum Gasteiger partial charge on any atom is -0.503 e. The molecule has 5 nitrogen and oxygen atoms in total. The predicted octanol–water partition coefficient (Wildman–Crippen LogP) is 2.90. The van der Waals surface area contributed by atoms with Crippen LogP contribution in [0.5, 0.6) is 5.75 Å². The quantitative estimate of drug-likeness (QED) is 0.859. The molecular weight excluding hydrogens is 337 g/mol. The van der Waals surface area contributed by atoms with E-state index in [1.807, 2.05) is 0 Å². The predicted molar refractivity (Wildman–Crippen MR) is 82.5 cm³/mol. The van der Waals surface area contributed by atoms with E-state index in [1.54, 1.807) is 6.07 Å². The topological polar surface area (TPSA) is 72.2 Å². The minimum absolute atomic E-state index is 0.169.